The third-order valence-corrected chi connectivity index (χ3v) is 5.51. The minimum Gasteiger partial charge on any atom is -0.480 e. The van der Waals surface area contributed by atoms with Crippen molar-refractivity contribution in [1.29, 1.82) is 0 Å². The summed E-state index contributed by atoms with van der Waals surface area (Å²) in [6, 6.07) is 15.0. The van der Waals surface area contributed by atoms with Crippen LogP contribution in [0.25, 0.3) is 6.08 Å². The molecule has 0 aromatic heterocycles. The molecule has 0 radical (unpaired) electrons. The maximum absolute atomic E-state index is 12.3. The van der Waals surface area contributed by atoms with Gasteiger partial charge in [0.25, 0.3) is 0 Å². The third kappa shape index (κ3) is 5.51. The van der Waals surface area contributed by atoms with Gasteiger partial charge in [0, 0.05) is 15.4 Å². The van der Waals surface area contributed by atoms with Crippen molar-refractivity contribution in [3.05, 3.63) is 65.7 Å². The standard InChI is InChI=1S/C20H20O3S2/c1-20(2,19(22)23)25-17-11-7-15(8-12-17)18(21)13-6-14-4-9-16(24-3)10-5-14/h4-13H,1-3H3,(H,22,23)/b13-6+. The van der Waals surface area contributed by atoms with Gasteiger partial charge in [-0.05, 0) is 68.1 Å². The van der Waals surface area contributed by atoms with Crippen LogP contribution in [0.15, 0.2) is 64.4 Å². The van der Waals surface area contributed by atoms with E-state index >= 15 is 0 Å². The molecule has 2 aromatic carbocycles. The number of aliphatic carboxylic acids is 1. The Morgan fingerprint density at radius 2 is 1.52 bits per heavy atom. The molecule has 2 rings (SSSR count). The predicted molar refractivity (Wildman–Crippen MR) is 106 cm³/mol. The van der Waals surface area contributed by atoms with Crippen LogP contribution in [0.4, 0.5) is 0 Å². The van der Waals surface area contributed by atoms with Crippen LogP contribution in [-0.4, -0.2) is 27.9 Å². The second-order valence-corrected chi connectivity index (χ2v) is 8.49. The number of thioether (sulfide) groups is 2. The molecule has 0 saturated heterocycles. The first kappa shape index (κ1) is 19.3. The number of rotatable bonds is 7. The number of hydrogen-bond donors (Lipinski definition) is 1. The van der Waals surface area contributed by atoms with Crippen molar-refractivity contribution in [2.24, 2.45) is 0 Å². The minimum absolute atomic E-state index is 0.0806. The summed E-state index contributed by atoms with van der Waals surface area (Å²) in [5.41, 5.74) is 1.55. The van der Waals surface area contributed by atoms with E-state index in [1.807, 2.05) is 30.5 Å². The average molecular weight is 373 g/mol. The Hall–Kier alpha value is -1.98. The first-order chi connectivity index (χ1) is 11.8. The van der Waals surface area contributed by atoms with Gasteiger partial charge in [-0.15, -0.1) is 23.5 Å². The van der Waals surface area contributed by atoms with Crippen LogP contribution >= 0.6 is 23.5 Å². The summed E-state index contributed by atoms with van der Waals surface area (Å²) in [7, 11) is 0. The summed E-state index contributed by atoms with van der Waals surface area (Å²) in [5.74, 6) is -0.948. The fourth-order valence-electron chi connectivity index (χ4n) is 2.01. The van der Waals surface area contributed by atoms with Crippen LogP contribution in [0.5, 0.6) is 0 Å². The Morgan fingerprint density at radius 1 is 0.960 bits per heavy atom. The SMILES string of the molecule is CSc1ccc(/C=C/C(=O)c2ccc(SC(C)(C)C(=O)O)cc2)cc1. The molecule has 0 aliphatic heterocycles. The maximum Gasteiger partial charge on any atom is 0.319 e. The van der Waals surface area contributed by atoms with Crippen LogP contribution in [0.1, 0.15) is 29.8 Å². The molecular weight excluding hydrogens is 352 g/mol. The predicted octanol–water partition coefficient (Wildman–Crippen LogP) is 5.26. The van der Waals surface area contributed by atoms with Gasteiger partial charge in [-0.25, -0.2) is 0 Å². The van der Waals surface area contributed by atoms with Gasteiger partial charge in [-0.2, -0.15) is 0 Å². The molecule has 0 aliphatic rings. The largest absolute Gasteiger partial charge is 0.480 e. The van der Waals surface area contributed by atoms with Crippen molar-refractivity contribution < 1.29 is 14.7 Å². The second-order valence-electron chi connectivity index (χ2n) is 5.91. The van der Waals surface area contributed by atoms with Crippen LogP contribution in [0.2, 0.25) is 0 Å². The fraction of sp³-hybridized carbons (Fsp3) is 0.200. The Kier molecular flexibility index (Phi) is 6.51. The number of benzene rings is 2. The third-order valence-electron chi connectivity index (χ3n) is 3.57. The highest BCUT2D eigenvalue weighted by atomic mass is 32.2. The van der Waals surface area contributed by atoms with E-state index in [9.17, 15) is 14.7 Å². The van der Waals surface area contributed by atoms with Crippen molar-refractivity contribution in [3.8, 4) is 0 Å². The van der Waals surface area contributed by atoms with Crippen LogP contribution < -0.4 is 0 Å². The smallest absolute Gasteiger partial charge is 0.319 e. The first-order valence-corrected chi connectivity index (χ1v) is 9.75. The Bertz CT molecular complexity index is 776. The number of carbonyl (C=O) groups excluding carboxylic acids is 1. The normalized spacial score (nSPS) is 11.6. The molecule has 0 heterocycles. The summed E-state index contributed by atoms with van der Waals surface area (Å²) in [5, 5.41) is 9.17. The molecule has 0 amide bonds. The molecule has 0 fully saturated rings. The molecule has 0 bridgehead atoms. The maximum atomic E-state index is 12.3. The van der Waals surface area contributed by atoms with Crippen molar-refractivity contribution in [2.45, 2.75) is 28.4 Å². The topological polar surface area (TPSA) is 54.4 Å². The molecule has 2 aromatic rings. The van der Waals surface area contributed by atoms with Crippen molar-refractivity contribution in [2.75, 3.05) is 6.26 Å². The van der Waals surface area contributed by atoms with E-state index in [-0.39, 0.29) is 5.78 Å². The number of allylic oxidation sites excluding steroid dienone is 1. The lowest BCUT2D eigenvalue weighted by Crippen LogP contribution is -2.26. The summed E-state index contributed by atoms with van der Waals surface area (Å²) in [4.78, 5) is 25.4. The van der Waals surface area contributed by atoms with Crippen LogP contribution in [0.3, 0.4) is 0 Å². The lowest BCUT2D eigenvalue weighted by molar-refractivity contribution is -0.138. The summed E-state index contributed by atoms with van der Waals surface area (Å²) < 4.78 is -0.908. The van der Waals surface area contributed by atoms with Crippen molar-refractivity contribution >= 4 is 41.4 Å². The highest BCUT2D eigenvalue weighted by molar-refractivity contribution is 8.01. The van der Waals surface area contributed by atoms with E-state index in [0.717, 1.165) is 10.5 Å². The van der Waals surface area contributed by atoms with Gasteiger partial charge in [-0.1, -0.05) is 18.2 Å². The molecular formula is C20H20O3S2. The quantitative estimate of drug-likeness (QED) is 0.408. The number of carboxylic acids is 1. The van der Waals surface area contributed by atoms with Gasteiger partial charge in [0.1, 0.15) is 4.75 Å². The number of carbonyl (C=O) groups is 2. The summed E-state index contributed by atoms with van der Waals surface area (Å²) in [6.45, 7) is 3.31. The molecule has 1 N–H and O–H groups in total. The van der Waals surface area contributed by atoms with Gasteiger partial charge in [0.2, 0.25) is 0 Å². The fourth-order valence-corrected chi connectivity index (χ4v) is 3.37. The molecule has 0 saturated carbocycles. The zero-order valence-electron chi connectivity index (χ0n) is 14.4. The van der Waals surface area contributed by atoms with Crippen molar-refractivity contribution in [1.82, 2.24) is 0 Å². The lowest BCUT2D eigenvalue weighted by Gasteiger charge is -2.18. The summed E-state index contributed by atoms with van der Waals surface area (Å²) in [6.07, 6.45) is 5.37. The molecule has 5 heteroatoms. The van der Waals surface area contributed by atoms with E-state index in [1.54, 1.807) is 62.0 Å². The monoisotopic (exact) mass is 372 g/mol. The van der Waals surface area contributed by atoms with E-state index in [0.29, 0.717) is 5.56 Å². The molecule has 25 heavy (non-hydrogen) atoms. The van der Waals surface area contributed by atoms with Gasteiger partial charge < -0.3 is 5.11 Å². The van der Waals surface area contributed by atoms with Gasteiger partial charge in [0.05, 0.1) is 0 Å². The molecule has 0 unspecified atom stereocenters. The van der Waals surface area contributed by atoms with Gasteiger partial charge in [0.15, 0.2) is 5.78 Å². The lowest BCUT2D eigenvalue weighted by atomic mass is 10.1. The highest BCUT2D eigenvalue weighted by Crippen LogP contribution is 2.32. The van der Waals surface area contributed by atoms with Gasteiger partial charge in [-0.3, -0.25) is 9.59 Å². The minimum atomic E-state index is -0.908. The molecule has 130 valence electrons. The molecule has 0 aliphatic carbocycles. The number of hydrogen-bond acceptors (Lipinski definition) is 4. The number of carboxylic acid groups (broad SMARTS) is 1. The molecule has 3 nitrogen and oxygen atoms in total. The van der Waals surface area contributed by atoms with Crippen LogP contribution in [-0.2, 0) is 4.79 Å². The Labute approximate surface area is 156 Å². The summed E-state index contributed by atoms with van der Waals surface area (Å²) >= 11 is 2.93. The second kappa shape index (κ2) is 8.41. The van der Waals surface area contributed by atoms with E-state index in [2.05, 4.69) is 0 Å². The first-order valence-electron chi connectivity index (χ1n) is 7.71. The van der Waals surface area contributed by atoms with E-state index < -0.39 is 10.7 Å². The highest BCUT2D eigenvalue weighted by Gasteiger charge is 2.28. The van der Waals surface area contributed by atoms with Crippen LogP contribution in [0, 0.1) is 0 Å². The zero-order chi connectivity index (χ0) is 18.4. The number of ketones is 1. The molecule has 0 spiro atoms. The Balaban J connectivity index is 2.04. The van der Waals surface area contributed by atoms with E-state index in [1.165, 1.54) is 16.7 Å². The van der Waals surface area contributed by atoms with E-state index in [4.69, 9.17) is 0 Å². The Morgan fingerprint density at radius 3 is 2.04 bits per heavy atom. The zero-order valence-corrected chi connectivity index (χ0v) is 16.0. The average Bonchev–Trinajstić information content (AvgIpc) is 2.60. The van der Waals surface area contributed by atoms with Gasteiger partial charge >= 0.3 is 5.97 Å². The molecule has 0 atom stereocenters. The van der Waals surface area contributed by atoms with Crippen molar-refractivity contribution in [3.63, 3.8) is 0 Å².